The molecule has 5 nitrogen and oxygen atoms in total. The number of benzene rings is 3. The van der Waals surface area contributed by atoms with Crippen molar-refractivity contribution >= 4 is 28.4 Å². The molecule has 0 spiro atoms. The average Bonchev–Trinajstić information content (AvgIpc) is 2.81. The Morgan fingerprint density at radius 2 is 1.60 bits per heavy atom. The van der Waals surface area contributed by atoms with Crippen molar-refractivity contribution in [3.63, 3.8) is 0 Å². The zero-order chi connectivity index (χ0) is 20.8. The summed E-state index contributed by atoms with van der Waals surface area (Å²) in [5, 5.41) is 14.6. The van der Waals surface area contributed by atoms with Crippen molar-refractivity contribution in [2.45, 2.75) is 11.6 Å². The fourth-order valence-corrected chi connectivity index (χ4v) is 4.02. The van der Waals surface area contributed by atoms with Gasteiger partial charge in [0.2, 0.25) is 5.91 Å². The molecule has 0 aliphatic heterocycles. The van der Waals surface area contributed by atoms with Crippen molar-refractivity contribution in [1.29, 1.82) is 0 Å². The zero-order valence-corrected chi connectivity index (χ0v) is 17.4. The smallest absolute Gasteiger partial charge is 0.230 e. The lowest BCUT2D eigenvalue weighted by atomic mass is 10.1. The van der Waals surface area contributed by atoms with Crippen molar-refractivity contribution in [1.82, 2.24) is 15.5 Å². The Morgan fingerprint density at radius 1 is 0.900 bits per heavy atom. The number of fused-ring (bicyclic) bond motifs is 1. The number of aromatic nitrogens is 2. The first-order chi connectivity index (χ1) is 14.8. The Hall–Kier alpha value is -3.38. The molecule has 1 N–H and O–H groups in total. The van der Waals surface area contributed by atoms with Gasteiger partial charge in [-0.05, 0) is 6.07 Å². The van der Waals surface area contributed by atoms with Crippen LogP contribution in [0.5, 0.6) is 5.75 Å². The Bertz CT molecular complexity index is 1170. The van der Waals surface area contributed by atoms with E-state index in [-0.39, 0.29) is 11.7 Å². The third-order valence-corrected chi connectivity index (χ3v) is 5.69. The van der Waals surface area contributed by atoms with Crippen LogP contribution in [0.15, 0.2) is 83.9 Å². The standard InChI is InChI=1S/C24H21N3O2S/c1-29-21-14-8-5-11-18(21)15-25-22(28)16-30-24-20-13-7-6-12-19(20)23(26-27-24)17-9-3-2-4-10-17/h2-14H,15-16H2,1H3,(H,25,28). The van der Waals surface area contributed by atoms with Gasteiger partial charge in [-0.2, -0.15) is 0 Å². The maximum atomic E-state index is 12.4. The zero-order valence-electron chi connectivity index (χ0n) is 16.5. The third kappa shape index (κ3) is 4.44. The highest BCUT2D eigenvalue weighted by atomic mass is 32.2. The van der Waals surface area contributed by atoms with Crippen LogP contribution in [0.2, 0.25) is 0 Å². The normalized spacial score (nSPS) is 10.7. The fourth-order valence-electron chi connectivity index (χ4n) is 3.22. The van der Waals surface area contributed by atoms with Gasteiger partial charge in [-0.25, -0.2) is 0 Å². The van der Waals surface area contributed by atoms with Gasteiger partial charge in [0.25, 0.3) is 0 Å². The van der Waals surface area contributed by atoms with E-state index < -0.39 is 0 Å². The van der Waals surface area contributed by atoms with E-state index >= 15 is 0 Å². The molecule has 0 aliphatic carbocycles. The molecule has 0 fully saturated rings. The molecule has 1 aromatic heterocycles. The third-order valence-electron chi connectivity index (χ3n) is 4.71. The van der Waals surface area contributed by atoms with E-state index in [4.69, 9.17) is 4.74 Å². The topological polar surface area (TPSA) is 64.1 Å². The first-order valence-corrected chi connectivity index (χ1v) is 10.6. The van der Waals surface area contributed by atoms with Crippen LogP contribution in [0, 0.1) is 0 Å². The van der Waals surface area contributed by atoms with Gasteiger partial charge in [0.15, 0.2) is 0 Å². The SMILES string of the molecule is COc1ccccc1CNC(=O)CSc1nnc(-c2ccccc2)c2ccccc12. The van der Waals surface area contributed by atoms with Crippen LogP contribution in [0.25, 0.3) is 22.0 Å². The molecule has 0 bridgehead atoms. The largest absolute Gasteiger partial charge is 0.496 e. The van der Waals surface area contributed by atoms with Crippen molar-refractivity contribution in [3.05, 3.63) is 84.4 Å². The van der Waals surface area contributed by atoms with Crippen LogP contribution in [-0.4, -0.2) is 29.0 Å². The minimum Gasteiger partial charge on any atom is -0.496 e. The lowest BCUT2D eigenvalue weighted by Gasteiger charge is -2.10. The van der Waals surface area contributed by atoms with Gasteiger partial charge < -0.3 is 10.1 Å². The van der Waals surface area contributed by atoms with Crippen LogP contribution >= 0.6 is 11.8 Å². The van der Waals surface area contributed by atoms with Crippen LogP contribution < -0.4 is 10.1 Å². The van der Waals surface area contributed by atoms with E-state index in [0.717, 1.165) is 38.4 Å². The molecule has 3 aromatic carbocycles. The molecule has 0 unspecified atom stereocenters. The molecule has 0 saturated carbocycles. The fraction of sp³-hybridized carbons (Fsp3) is 0.125. The number of carbonyl (C=O) groups excluding carboxylic acids is 1. The number of nitrogens with one attached hydrogen (secondary N) is 1. The predicted octanol–water partition coefficient (Wildman–Crippen LogP) is 4.71. The number of hydrogen-bond acceptors (Lipinski definition) is 5. The van der Waals surface area contributed by atoms with Crippen LogP contribution in [-0.2, 0) is 11.3 Å². The molecule has 0 saturated heterocycles. The van der Waals surface area contributed by atoms with E-state index in [1.807, 2.05) is 78.9 Å². The molecule has 1 heterocycles. The lowest BCUT2D eigenvalue weighted by molar-refractivity contribution is -0.118. The van der Waals surface area contributed by atoms with Gasteiger partial charge in [-0.3, -0.25) is 4.79 Å². The lowest BCUT2D eigenvalue weighted by Crippen LogP contribution is -2.24. The van der Waals surface area contributed by atoms with Gasteiger partial charge in [0.1, 0.15) is 16.5 Å². The summed E-state index contributed by atoms with van der Waals surface area (Å²) in [6.07, 6.45) is 0. The van der Waals surface area contributed by atoms with Crippen molar-refractivity contribution in [2.24, 2.45) is 0 Å². The molecular weight excluding hydrogens is 394 g/mol. The minimum atomic E-state index is -0.0658. The van der Waals surface area contributed by atoms with Gasteiger partial charge in [0, 0.05) is 28.4 Å². The van der Waals surface area contributed by atoms with E-state index in [2.05, 4.69) is 15.5 Å². The number of rotatable bonds is 7. The molecule has 0 aliphatic rings. The van der Waals surface area contributed by atoms with Gasteiger partial charge >= 0.3 is 0 Å². The Labute approximate surface area is 179 Å². The molecule has 150 valence electrons. The molecular formula is C24H21N3O2S. The quantitative estimate of drug-likeness (QED) is 0.443. The Morgan fingerprint density at radius 3 is 2.40 bits per heavy atom. The Kier molecular flexibility index (Phi) is 6.25. The van der Waals surface area contributed by atoms with E-state index in [9.17, 15) is 4.79 Å². The summed E-state index contributed by atoms with van der Waals surface area (Å²) in [5.41, 5.74) is 2.80. The molecule has 0 atom stereocenters. The summed E-state index contributed by atoms with van der Waals surface area (Å²) < 4.78 is 5.33. The maximum absolute atomic E-state index is 12.4. The second-order valence-electron chi connectivity index (χ2n) is 6.64. The number of hydrogen-bond donors (Lipinski definition) is 1. The molecule has 1 amide bonds. The summed E-state index contributed by atoms with van der Waals surface area (Å²) in [5.74, 6) is 0.959. The van der Waals surface area contributed by atoms with Crippen LogP contribution in [0.4, 0.5) is 0 Å². The first-order valence-electron chi connectivity index (χ1n) is 9.58. The highest BCUT2D eigenvalue weighted by molar-refractivity contribution is 8.00. The van der Waals surface area contributed by atoms with Crippen molar-refractivity contribution < 1.29 is 9.53 Å². The van der Waals surface area contributed by atoms with Crippen LogP contribution in [0.3, 0.4) is 0 Å². The minimum absolute atomic E-state index is 0.0658. The van der Waals surface area contributed by atoms with Gasteiger partial charge in [-0.15, -0.1) is 10.2 Å². The summed E-state index contributed by atoms with van der Waals surface area (Å²) in [7, 11) is 1.62. The van der Waals surface area contributed by atoms with Crippen LogP contribution in [0.1, 0.15) is 5.56 Å². The van der Waals surface area contributed by atoms with E-state index in [0.29, 0.717) is 6.54 Å². The highest BCUT2D eigenvalue weighted by Gasteiger charge is 2.13. The summed E-state index contributed by atoms with van der Waals surface area (Å²) in [6, 6.07) is 25.7. The maximum Gasteiger partial charge on any atom is 0.230 e. The summed E-state index contributed by atoms with van der Waals surface area (Å²) in [4.78, 5) is 12.4. The van der Waals surface area contributed by atoms with Crippen molar-refractivity contribution in [3.8, 4) is 17.0 Å². The second-order valence-corrected chi connectivity index (χ2v) is 7.61. The van der Waals surface area contributed by atoms with Gasteiger partial charge in [0.05, 0.1) is 12.9 Å². The van der Waals surface area contributed by atoms with E-state index in [1.165, 1.54) is 11.8 Å². The molecule has 4 aromatic rings. The first kappa shape index (κ1) is 19.9. The van der Waals surface area contributed by atoms with Crippen molar-refractivity contribution in [2.75, 3.05) is 12.9 Å². The number of methoxy groups -OCH3 is 1. The Balaban J connectivity index is 1.47. The monoisotopic (exact) mass is 415 g/mol. The summed E-state index contributed by atoms with van der Waals surface area (Å²) >= 11 is 1.39. The number of ether oxygens (including phenoxy) is 1. The number of nitrogens with zero attached hydrogens (tertiary/aromatic N) is 2. The average molecular weight is 416 g/mol. The predicted molar refractivity (Wildman–Crippen MR) is 121 cm³/mol. The number of amides is 1. The molecule has 0 radical (unpaired) electrons. The van der Waals surface area contributed by atoms with Gasteiger partial charge in [-0.1, -0.05) is 84.6 Å². The molecule has 6 heteroatoms. The molecule has 4 rings (SSSR count). The molecule has 30 heavy (non-hydrogen) atoms. The number of para-hydroxylation sites is 1. The number of thioether (sulfide) groups is 1. The second kappa shape index (κ2) is 9.41. The van der Waals surface area contributed by atoms with E-state index in [1.54, 1.807) is 7.11 Å². The highest BCUT2D eigenvalue weighted by Crippen LogP contribution is 2.31. The summed E-state index contributed by atoms with van der Waals surface area (Å²) in [6.45, 7) is 0.419. The number of carbonyl (C=O) groups is 1.